The monoisotopic (exact) mass is 375 g/mol. The maximum Gasteiger partial charge on any atom is 0.416 e. The summed E-state index contributed by atoms with van der Waals surface area (Å²) in [7, 11) is 0. The number of hydrogen-bond donors (Lipinski definition) is 1. The Labute approximate surface area is 115 Å². The molecule has 0 aliphatic rings. The summed E-state index contributed by atoms with van der Waals surface area (Å²) in [6.07, 6.45) is -3.92. The average Bonchev–Trinajstić information content (AvgIpc) is 2.28. The molecule has 0 unspecified atom stereocenters. The van der Waals surface area contributed by atoms with Gasteiger partial charge >= 0.3 is 6.18 Å². The van der Waals surface area contributed by atoms with Crippen LogP contribution in [0.15, 0.2) is 18.2 Å². The molecule has 0 aromatic heterocycles. The minimum absolute atomic E-state index is 0.303. The number of amides is 1. The van der Waals surface area contributed by atoms with E-state index in [2.05, 4.69) is 27.9 Å². The zero-order valence-corrected chi connectivity index (χ0v) is 11.3. The van der Waals surface area contributed by atoms with Crippen LogP contribution < -0.4 is 5.32 Å². The molecule has 0 saturated carbocycles. The third-order valence-corrected chi connectivity index (χ3v) is 2.90. The van der Waals surface area contributed by atoms with Gasteiger partial charge in [-0.05, 0) is 24.6 Å². The SMILES string of the molecule is O=C(NCCCI)c1cc(C(F)(F)F)ccc1F. The smallest absolute Gasteiger partial charge is 0.352 e. The van der Waals surface area contributed by atoms with Crippen molar-refractivity contribution < 1.29 is 22.4 Å². The molecule has 0 aliphatic heterocycles. The van der Waals surface area contributed by atoms with E-state index in [4.69, 9.17) is 0 Å². The molecule has 0 bridgehead atoms. The second-order valence-corrected chi connectivity index (χ2v) is 4.57. The van der Waals surface area contributed by atoms with E-state index in [1.165, 1.54) is 0 Å². The zero-order valence-electron chi connectivity index (χ0n) is 9.15. The molecular weight excluding hydrogens is 365 g/mol. The van der Waals surface area contributed by atoms with Crippen LogP contribution in [0.4, 0.5) is 17.6 Å². The summed E-state index contributed by atoms with van der Waals surface area (Å²) >= 11 is 2.10. The van der Waals surface area contributed by atoms with E-state index in [9.17, 15) is 22.4 Å². The Morgan fingerprint density at radius 2 is 2.00 bits per heavy atom. The second kappa shape index (κ2) is 6.35. The fourth-order valence-electron chi connectivity index (χ4n) is 1.24. The van der Waals surface area contributed by atoms with Crippen molar-refractivity contribution in [3.8, 4) is 0 Å². The van der Waals surface area contributed by atoms with E-state index < -0.39 is 29.0 Å². The van der Waals surface area contributed by atoms with E-state index in [-0.39, 0.29) is 0 Å². The third-order valence-electron chi connectivity index (χ3n) is 2.13. The molecule has 2 nitrogen and oxygen atoms in total. The van der Waals surface area contributed by atoms with Gasteiger partial charge in [-0.1, -0.05) is 22.6 Å². The minimum atomic E-state index is -4.59. The van der Waals surface area contributed by atoms with E-state index in [0.717, 1.165) is 4.43 Å². The highest BCUT2D eigenvalue weighted by Crippen LogP contribution is 2.30. The first kappa shape index (κ1) is 15.2. The van der Waals surface area contributed by atoms with Crippen molar-refractivity contribution in [1.82, 2.24) is 5.32 Å². The quantitative estimate of drug-likeness (QED) is 0.372. The number of carbonyl (C=O) groups is 1. The summed E-state index contributed by atoms with van der Waals surface area (Å²) in [5.41, 5.74) is -1.62. The topological polar surface area (TPSA) is 29.1 Å². The Morgan fingerprint density at radius 3 is 2.56 bits per heavy atom. The van der Waals surface area contributed by atoms with Crippen molar-refractivity contribution in [2.45, 2.75) is 12.6 Å². The average molecular weight is 375 g/mol. The van der Waals surface area contributed by atoms with Crippen LogP contribution in [-0.4, -0.2) is 16.9 Å². The molecule has 1 aromatic rings. The highest BCUT2D eigenvalue weighted by Gasteiger charge is 2.31. The van der Waals surface area contributed by atoms with Crippen molar-refractivity contribution in [3.05, 3.63) is 35.1 Å². The predicted octanol–water partition coefficient (Wildman–Crippen LogP) is 3.40. The number of hydrogen-bond acceptors (Lipinski definition) is 1. The largest absolute Gasteiger partial charge is 0.416 e. The Bertz CT molecular complexity index is 434. The van der Waals surface area contributed by atoms with Gasteiger partial charge in [0.1, 0.15) is 5.82 Å². The lowest BCUT2D eigenvalue weighted by Crippen LogP contribution is -2.26. The molecule has 0 spiro atoms. The lowest BCUT2D eigenvalue weighted by molar-refractivity contribution is -0.137. The second-order valence-electron chi connectivity index (χ2n) is 3.49. The van der Waals surface area contributed by atoms with Crippen molar-refractivity contribution >= 4 is 28.5 Å². The molecule has 100 valence electrons. The number of nitrogens with one attached hydrogen (secondary N) is 1. The van der Waals surface area contributed by atoms with Crippen molar-refractivity contribution in [2.75, 3.05) is 11.0 Å². The van der Waals surface area contributed by atoms with Crippen molar-refractivity contribution in [3.63, 3.8) is 0 Å². The molecule has 1 rings (SSSR count). The number of rotatable bonds is 4. The van der Waals surface area contributed by atoms with Crippen molar-refractivity contribution in [1.29, 1.82) is 0 Å². The lowest BCUT2D eigenvalue weighted by atomic mass is 10.1. The molecule has 1 aromatic carbocycles. The first-order valence-corrected chi connectivity index (χ1v) is 6.59. The van der Waals surface area contributed by atoms with Gasteiger partial charge in [-0.15, -0.1) is 0 Å². The summed E-state index contributed by atoms with van der Waals surface area (Å²) in [5, 5.41) is 2.37. The molecule has 0 aliphatic carbocycles. The summed E-state index contributed by atoms with van der Waals surface area (Å²) in [5.74, 6) is -1.79. The molecule has 0 heterocycles. The van der Waals surface area contributed by atoms with E-state index in [1.807, 2.05) is 0 Å². The van der Waals surface area contributed by atoms with E-state index in [0.29, 0.717) is 31.2 Å². The number of halogens is 5. The molecule has 18 heavy (non-hydrogen) atoms. The maximum absolute atomic E-state index is 13.3. The van der Waals surface area contributed by atoms with Crippen LogP contribution in [0.25, 0.3) is 0 Å². The molecule has 0 saturated heterocycles. The number of carbonyl (C=O) groups excluding carboxylic acids is 1. The van der Waals surface area contributed by atoms with Gasteiger partial charge in [0.05, 0.1) is 11.1 Å². The van der Waals surface area contributed by atoms with Crippen LogP contribution in [0.5, 0.6) is 0 Å². The minimum Gasteiger partial charge on any atom is -0.352 e. The lowest BCUT2D eigenvalue weighted by Gasteiger charge is -2.10. The van der Waals surface area contributed by atoms with Gasteiger partial charge < -0.3 is 5.32 Å². The fraction of sp³-hybridized carbons (Fsp3) is 0.364. The summed E-state index contributed by atoms with van der Waals surface area (Å²) in [6, 6.07) is 1.78. The molecule has 0 fully saturated rings. The van der Waals surface area contributed by atoms with Crippen LogP contribution in [0.3, 0.4) is 0 Å². The van der Waals surface area contributed by atoms with E-state index >= 15 is 0 Å². The highest BCUT2D eigenvalue weighted by atomic mass is 127. The molecule has 0 atom stereocenters. The van der Waals surface area contributed by atoms with Gasteiger partial charge in [0, 0.05) is 11.0 Å². The van der Waals surface area contributed by atoms with Gasteiger partial charge in [0.15, 0.2) is 0 Å². The summed E-state index contributed by atoms with van der Waals surface area (Å²) < 4.78 is 51.3. The Hall–Kier alpha value is -0.860. The Kier molecular flexibility index (Phi) is 5.36. The maximum atomic E-state index is 13.3. The first-order chi connectivity index (χ1) is 8.36. The third kappa shape index (κ3) is 4.11. The van der Waals surface area contributed by atoms with Crippen LogP contribution in [-0.2, 0) is 6.18 Å². The Balaban J connectivity index is 2.90. The number of benzene rings is 1. The first-order valence-electron chi connectivity index (χ1n) is 5.07. The Morgan fingerprint density at radius 1 is 1.33 bits per heavy atom. The molecule has 0 radical (unpaired) electrons. The fourth-order valence-corrected chi connectivity index (χ4v) is 1.62. The molecule has 1 amide bonds. The van der Waals surface area contributed by atoms with E-state index in [1.54, 1.807) is 0 Å². The van der Waals surface area contributed by atoms with Crippen LogP contribution >= 0.6 is 22.6 Å². The molecular formula is C11H10F4INO. The summed E-state index contributed by atoms with van der Waals surface area (Å²) in [6.45, 7) is 0.303. The van der Waals surface area contributed by atoms with Gasteiger partial charge in [-0.3, -0.25) is 4.79 Å². The summed E-state index contributed by atoms with van der Waals surface area (Å²) in [4.78, 5) is 11.5. The van der Waals surface area contributed by atoms with Crippen LogP contribution in [0.2, 0.25) is 0 Å². The van der Waals surface area contributed by atoms with Gasteiger partial charge in [0.2, 0.25) is 0 Å². The molecule has 7 heteroatoms. The van der Waals surface area contributed by atoms with Crippen LogP contribution in [0, 0.1) is 5.82 Å². The normalized spacial score (nSPS) is 11.4. The highest BCUT2D eigenvalue weighted by molar-refractivity contribution is 14.1. The van der Waals surface area contributed by atoms with Crippen molar-refractivity contribution in [2.24, 2.45) is 0 Å². The van der Waals surface area contributed by atoms with Gasteiger partial charge in [-0.25, -0.2) is 4.39 Å². The van der Waals surface area contributed by atoms with Crippen LogP contribution in [0.1, 0.15) is 22.3 Å². The zero-order chi connectivity index (χ0) is 13.8. The predicted molar refractivity (Wildman–Crippen MR) is 67.2 cm³/mol. The number of alkyl halides is 4. The van der Waals surface area contributed by atoms with Gasteiger partial charge in [0.25, 0.3) is 5.91 Å². The molecule has 1 N–H and O–H groups in total. The van der Waals surface area contributed by atoms with Gasteiger partial charge in [-0.2, -0.15) is 13.2 Å². The standard InChI is InChI=1S/C11H10F4INO/c12-9-3-2-7(11(13,14)15)6-8(9)10(18)17-5-1-4-16/h2-3,6H,1,4-5H2,(H,17,18).